The number of carbonyl (C=O) groups excluding carboxylic acids is 2. The molecule has 1 aromatic carbocycles. The normalized spacial score (nSPS) is 10.9. The maximum atomic E-state index is 11.8. The van der Waals surface area contributed by atoms with Gasteiger partial charge in [-0.3, -0.25) is 9.59 Å². The van der Waals surface area contributed by atoms with Crippen molar-refractivity contribution in [1.82, 2.24) is 10.6 Å². The molecule has 1 rings (SSSR count). The van der Waals surface area contributed by atoms with E-state index in [0.29, 0.717) is 0 Å². The van der Waals surface area contributed by atoms with E-state index in [0.717, 1.165) is 5.56 Å². The Morgan fingerprint density at radius 1 is 1.26 bits per heavy atom. The molecule has 5 nitrogen and oxygen atoms in total. The summed E-state index contributed by atoms with van der Waals surface area (Å²) in [6, 6.07) is 4.74. The Morgan fingerprint density at radius 3 is 2.47 bits per heavy atom. The fraction of sp³-hybridized carbons (Fsp3) is 0.429. The number of hydrogen-bond acceptors (Lipinski definition) is 3. The molecule has 0 radical (unpaired) electrons. The molecule has 0 atom stereocenters. The van der Waals surface area contributed by atoms with Gasteiger partial charge in [-0.15, -0.1) is 0 Å². The molecule has 0 unspecified atom stereocenters. The first-order valence-electron chi connectivity index (χ1n) is 6.08. The van der Waals surface area contributed by atoms with Crippen LogP contribution in [-0.4, -0.2) is 29.0 Å². The van der Waals surface area contributed by atoms with E-state index in [1.165, 1.54) is 6.07 Å². The molecule has 5 heteroatoms. The molecule has 0 bridgehead atoms. The standard InChI is InChI=1S/C14H20N2O3/c1-9-5-6-11(17)10(7-9)13(19)15-8-12(18)16-14(2,3)4/h5-7,17H,8H2,1-4H3,(H,15,19)(H,16,18). The highest BCUT2D eigenvalue weighted by molar-refractivity contribution is 5.98. The third kappa shape index (κ3) is 4.99. The molecular formula is C14H20N2O3. The van der Waals surface area contributed by atoms with Gasteiger partial charge in [0.25, 0.3) is 5.91 Å². The monoisotopic (exact) mass is 264 g/mol. The number of phenolic OH excluding ortho intramolecular Hbond substituents is 1. The average Bonchev–Trinajstić information content (AvgIpc) is 2.27. The fourth-order valence-corrected chi connectivity index (χ4v) is 1.55. The van der Waals surface area contributed by atoms with E-state index >= 15 is 0 Å². The molecule has 0 fully saturated rings. The van der Waals surface area contributed by atoms with Crippen LogP contribution in [0, 0.1) is 6.92 Å². The van der Waals surface area contributed by atoms with Crippen LogP contribution in [0.1, 0.15) is 36.7 Å². The van der Waals surface area contributed by atoms with Crippen LogP contribution in [-0.2, 0) is 4.79 Å². The lowest BCUT2D eigenvalue weighted by molar-refractivity contribution is -0.121. The molecule has 0 saturated carbocycles. The molecule has 0 heterocycles. The molecule has 19 heavy (non-hydrogen) atoms. The van der Waals surface area contributed by atoms with Gasteiger partial charge < -0.3 is 15.7 Å². The quantitative estimate of drug-likeness (QED) is 0.771. The van der Waals surface area contributed by atoms with E-state index in [9.17, 15) is 14.7 Å². The minimum atomic E-state index is -0.467. The largest absolute Gasteiger partial charge is 0.507 e. The average molecular weight is 264 g/mol. The second kappa shape index (κ2) is 5.73. The third-order valence-electron chi connectivity index (χ3n) is 2.32. The third-order valence-corrected chi connectivity index (χ3v) is 2.32. The second-order valence-electron chi connectivity index (χ2n) is 5.50. The van der Waals surface area contributed by atoms with Gasteiger partial charge in [-0.25, -0.2) is 0 Å². The zero-order chi connectivity index (χ0) is 14.6. The molecule has 0 aromatic heterocycles. The molecule has 3 N–H and O–H groups in total. The van der Waals surface area contributed by atoms with Crippen LogP contribution >= 0.6 is 0 Å². The summed E-state index contributed by atoms with van der Waals surface area (Å²) >= 11 is 0. The maximum absolute atomic E-state index is 11.8. The van der Waals surface area contributed by atoms with Crippen molar-refractivity contribution in [2.75, 3.05) is 6.54 Å². The van der Waals surface area contributed by atoms with Crippen molar-refractivity contribution < 1.29 is 14.7 Å². The van der Waals surface area contributed by atoms with Crippen molar-refractivity contribution in [2.24, 2.45) is 0 Å². The van der Waals surface area contributed by atoms with E-state index in [1.807, 2.05) is 27.7 Å². The fourth-order valence-electron chi connectivity index (χ4n) is 1.55. The summed E-state index contributed by atoms with van der Waals surface area (Å²) < 4.78 is 0. The molecule has 1 aromatic rings. The summed E-state index contributed by atoms with van der Waals surface area (Å²) in [4.78, 5) is 23.4. The number of amides is 2. The minimum absolute atomic E-state index is 0.0978. The van der Waals surface area contributed by atoms with Crippen LogP contribution < -0.4 is 10.6 Å². The minimum Gasteiger partial charge on any atom is -0.507 e. The van der Waals surface area contributed by atoms with Gasteiger partial charge in [0.15, 0.2) is 0 Å². The summed E-state index contributed by atoms with van der Waals surface area (Å²) in [7, 11) is 0. The number of benzene rings is 1. The van der Waals surface area contributed by atoms with Crippen molar-refractivity contribution in [1.29, 1.82) is 0 Å². The van der Waals surface area contributed by atoms with Gasteiger partial charge >= 0.3 is 0 Å². The van der Waals surface area contributed by atoms with E-state index in [-0.39, 0.29) is 29.3 Å². The van der Waals surface area contributed by atoms with Gasteiger partial charge in [-0.05, 0) is 39.8 Å². The smallest absolute Gasteiger partial charge is 0.255 e. The number of carbonyl (C=O) groups is 2. The highest BCUT2D eigenvalue weighted by Crippen LogP contribution is 2.17. The van der Waals surface area contributed by atoms with Crippen LogP contribution in [0.3, 0.4) is 0 Å². The zero-order valence-corrected chi connectivity index (χ0v) is 11.7. The Morgan fingerprint density at radius 2 is 1.89 bits per heavy atom. The van der Waals surface area contributed by atoms with Gasteiger partial charge in [-0.1, -0.05) is 11.6 Å². The van der Waals surface area contributed by atoms with E-state index in [1.54, 1.807) is 12.1 Å². The van der Waals surface area contributed by atoms with Gasteiger partial charge in [0.1, 0.15) is 5.75 Å². The van der Waals surface area contributed by atoms with Crippen molar-refractivity contribution in [3.63, 3.8) is 0 Å². The molecule has 2 amide bonds. The topological polar surface area (TPSA) is 78.4 Å². The number of aryl methyl sites for hydroxylation is 1. The molecule has 0 aliphatic heterocycles. The zero-order valence-electron chi connectivity index (χ0n) is 11.7. The SMILES string of the molecule is Cc1ccc(O)c(C(=O)NCC(=O)NC(C)(C)C)c1. The summed E-state index contributed by atoms with van der Waals surface area (Å²) in [6.45, 7) is 7.28. The number of hydrogen-bond donors (Lipinski definition) is 3. The predicted octanol–water partition coefficient (Wildman–Crippen LogP) is 1.35. The maximum Gasteiger partial charge on any atom is 0.255 e. The van der Waals surface area contributed by atoms with Crippen LogP contribution in [0.5, 0.6) is 5.75 Å². The van der Waals surface area contributed by atoms with Gasteiger partial charge in [-0.2, -0.15) is 0 Å². The van der Waals surface area contributed by atoms with Crippen molar-refractivity contribution in [3.8, 4) is 5.75 Å². The number of aromatic hydroxyl groups is 1. The lowest BCUT2D eigenvalue weighted by Gasteiger charge is -2.20. The Hall–Kier alpha value is -2.04. The Labute approximate surface area is 113 Å². The molecule has 0 aliphatic rings. The Kier molecular flexibility index (Phi) is 4.53. The molecule has 0 spiro atoms. The highest BCUT2D eigenvalue weighted by Gasteiger charge is 2.16. The predicted molar refractivity (Wildman–Crippen MR) is 73.1 cm³/mol. The Balaban J connectivity index is 2.61. The van der Waals surface area contributed by atoms with Crippen molar-refractivity contribution in [2.45, 2.75) is 33.2 Å². The number of nitrogens with one attached hydrogen (secondary N) is 2. The molecule has 0 saturated heterocycles. The van der Waals surface area contributed by atoms with Crippen LogP contribution in [0.4, 0.5) is 0 Å². The van der Waals surface area contributed by atoms with E-state index < -0.39 is 5.91 Å². The molecule has 104 valence electrons. The Bertz CT molecular complexity index is 490. The lowest BCUT2D eigenvalue weighted by atomic mass is 10.1. The summed E-state index contributed by atoms with van der Waals surface area (Å²) in [5.74, 6) is -0.836. The highest BCUT2D eigenvalue weighted by atomic mass is 16.3. The van der Waals surface area contributed by atoms with Crippen molar-refractivity contribution >= 4 is 11.8 Å². The van der Waals surface area contributed by atoms with E-state index in [2.05, 4.69) is 10.6 Å². The summed E-state index contributed by atoms with van der Waals surface area (Å²) in [5, 5.41) is 14.8. The van der Waals surface area contributed by atoms with Crippen LogP contribution in [0.2, 0.25) is 0 Å². The van der Waals surface area contributed by atoms with Gasteiger partial charge in [0, 0.05) is 5.54 Å². The first-order valence-corrected chi connectivity index (χ1v) is 6.08. The molecular weight excluding hydrogens is 244 g/mol. The number of phenols is 1. The number of rotatable bonds is 3. The first-order chi connectivity index (χ1) is 8.69. The lowest BCUT2D eigenvalue weighted by Crippen LogP contribution is -2.45. The summed E-state index contributed by atoms with van der Waals surface area (Å²) in [5.41, 5.74) is 0.693. The van der Waals surface area contributed by atoms with E-state index in [4.69, 9.17) is 0 Å². The first kappa shape index (κ1) is 15.0. The van der Waals surface area contributed by atoms with Crippen molar-refractivity contribution in [3.05, 3.63) is 29.3 Å². The van der Waals surface area contributed by atoms with Gasteiger partial charge in [0.2, 0.25) is 5.91 Å². The van der Waals surface area contributed by atoms with Crippen LogP contribution in [0.15, 0.2) is 18.2 Å². The van der Waals surface area contributed by atoms with Crippen LogP contribution in [0.25, 0.3) is 0 Å². The van der Waals surface area contributed by atoms with Gasteiger partial charge in [0.05, 0.1) is 12.1 Å². The second-order valence-corrected chi connectivity index (χ2v) is 5.50. The molecule has 0 aliphatic carbocycles. The summed E-state index contributed by atoms with van der Waals surface area (Å²) in [6.07, 6.45) is 0.